The molecular weight excluding hydrogens is 334 g/mol. The molecule has 2 aromatic carbocycles. The first-order valence-corrected chi connectivity index (χ1v) is 9.48. The average Bonchev–Trinajstić information content (AvgIpc) is 3.03. The summed E-state index contributed by atoms with van der Waals surface area (Å²) in [6.07, 6.45) is 1.82. The molecule has 25 heavy (non-hydrogen) atoms. The van der Waals surface area contributed by atoms with Gasteiger partial charge in [-0.25, -0.2) is 9.79 Å². The second kappa shape index (κ2) is 7.74. The zero-order valence-corrected chi connectivity index (χ0v) is 15.2. The van der Waals surface area contributed by atoms with Crippen LogP contribution in [0.4, 0.5) is 0 Å². The monoisotopic (exact) mass is 355 g/mol. The second-order valence-electron chi connectivity index (χ2n) is 5.80. The number of thioether (sulfide) groups is 1. The van der Waals surface area contributed by atoms with Crippen molar-refractivity contribution in [3.8, 4) is 0 Å². The molecule has 0 N–H and O–H groups in total. The topological polar surface area (TPSA) is 47.9 Å². The van der Waals surface area contributed by atoms with Gasteiger partial charge in [0.05, 0.1) is 6.61 Å². The van der Waals surface area contributed by atoms with Gasteiger partial charge in [-0.2, -0.15) is 0 Å². The third kappa shape index (κ3) is 3.56. The molecule has 0 bridgehead atoms. The highest BCUT2D eigenvalue weighted by Crippen LogP contribution is 2.43. The predicted molar refractivity (Wildman–Crippen MR) is 101 cm³/mol. The molecule has 0 unspecified atom stereocenters. The molecule has 2 aromatic rings. The SMILES string of the molecule is CCOC(=O)[C@@]1(Cc2ccccc2)N=C(SC)O[C@H]1c1ccccc1. The van der Waals surface area contributed by atoms with E-state index in [0.29, 0.717) is 18.3 Å². The number of aliphatic imine (C=N–C) groups is 1. The number of carbonyl (C=O) groups excluding carboxylic acids is 1. The van der Waals surface area contributed by atoms with Gasteiger partial charge in [0.25, 0.3) is 0 Å². The summed E-state index contributed by atoms with van der Waals surface area (Å²) >= 11 is 1.40. The van der Waals surface area contributed by atoms with Crippen LogP contribution in [-0.2, 0) is 20.7 Å². The third-order valence-electron chi connectivity index (χ3n) is 4.17. The number of hydrogen-bond acceptors (Lipinski definition) is 5. The summed E-state index contributed by atoms with van der Waals surface area (Å²) in [6.45, 7) is 2.11. The van der Waals surface area contributed by atoms with Crippen LogP contribution in [0.25, 0.3) is 0 Å². The van der Waals surface area contributed by atoms with Gasteiger partial charge < -0.3 is 9.47 Å². The van der Waals surface area contributed by atoms with E-state index in [9.17, 15) is 4.79 Å². The molecule has 0 saturated heterocycles. The molecule has 0 saturated carbocycles. The molecule has 0 amide bonds. The van der Waals surface area contributed by atoms with Crippen molar-refractivity contribution in [1.29, 1.82) is 0 Å². The van der Waals surface area contributed by atoms with Crippen molar-refractivity contribution in [2.45, 2.75) is 25.0 Å². The van der Waals surface area contributed by atoms with Gasteiger partial charge >= 0.3 is 5.97 Å². The minimum Gasteiger partial charge on any atom is -0.464 e. The Labute approximate surface area is 152 Å². The maximum absolute atomic E-state index is 13.0. The quantitative estimate of drug-likeness (QED) is 0.760. The Morgan fingerprint density at radius 1 is 1.16 bits per heavy atom. The minimum atomic E-state index is -1.11. The molecular formula is C20H21NO3S. The van der Waals surface area contributed by atoms with Crippen LogP contribution in [0, 0.1) is 0 Å². The number of esters is 1. The number of ether oxygens (including phenoxy) is 2. The average molecular weight is 355 g/mol. The molecule has 0 radical (unpaired) electrons. The van der Waals surface area contributed by atoms with Crippen LogP contribution in [0.2, 0.25) is 0 Å². The van der Waals surface area contributed by atoms with Crippen LogP contribution in [0.1, 0.15) is 24.2 Å². The molecule has 0 aliphatic carbocycles. The van der Waals surface area contributed by atoms with Crippen LogP contribution in [0.15, 0.2) is 65.7 Å². The van der Waals surface area contributed by atoms with Gasteiger partial charge in [-0.1, -0.05) is 72.4 Å². The largest absolute Gasteiger partial charge is 0.464 e. The number of hydrogen-bond donors (Lipinski definition) is 0. The summed E-state index contributed by atoms with van der Waals surface area (Å²) in [5, 5.41) is 0.512. The Kier molecular flexibility index (Phi) is 5.43. The first-order valence-electron chi connectivity index (χ1n) is 8.26. The highest BCUT2D eigenvalue weighted by molar-refractivity contribution is 8.12. The Bertz CT molecular complexity index is 748. The minimum absolute atomic E-state index is 0.307. The fraction of sp³-hybridized carbons (Fsp3) is 0.300. The summed E-state index contributed by atoms with van der Waals surface area (Å²) in [4.78, 5) is 17.7. The van der Waals surface area contributed by atoms with Gasteiger partial charge in [0, 0.05) is 6.42 Å². The standard InChI is InChI=1S/C20H21NO3S/c1-3-23-18(22)20(14-15-10-6-4-7-11-15)17(24-19(21-20)25-2)16-12-8-5-9-13-16/h4-13,17H,3,14H2,1-2H3/t17-,20-/m0/s1. The zero-order chi connectivity index (χ0) is 17.7. The Hall–Kier alpha value is -2.27. The highest BCUT2D eigenvalue weighted by Gasteiger charge is 2.54. The lowest BCUT2D eigenvalue weighted by molar-refractivity contribution is -0.152. The molecule has 0 spiro atoms. The van der Waals surface area contributed by atoms with Crippen molar-refractivity contribution in [3.05, 3.63) is 71.8 Å². The molecule has 130 valence electrons. The van der Waals surface area contributed by atoms with Gasteiger partial charge in [-0.3, -0.25) is 0 Å². The molecule has 4 nitrogen and oxygen atoms in total. The summed E-state index contributed by atoms with van der Waals surface area (Å²) in [5.41, 5.74) is 0.822. The van der Waals surface area contributed by atoms with Crippen molar-refractivity contribution >= 4 is 23.0 Å². The van der Waals surface area contributed by atoms with Crippen molar-refractivity contribution < 1.29 is 14.3 Å². The number of rotatable bonds is 5. The zero-order valence-electron chi connectivity index (χ0n) is 14.3. The molecule has 1 aliphatic rings. The van der Waals surface area contributed by atoms with Crippen LogP contribution in [-0.4, -0.2) is 29.6 Å². The second-order valence-corrected chi connectivity index (χ2v) is 6.55. The fourth-order valence-electron chi connectivity index (χ4n) is 3.03. The number of carbonyl (C=O) groups is 1. The van der Waals surface area contributed by atoms with E-state index in [0.717, 1.165) is 11.1 Å². The van der Waals surface area contributed by atoms with Gasteiger partial charge in [-0.15, -0.1) is 0 Å². The summed E-state index contributed by atoms with van der Waals surface area (Å²) in [6, 6.07) is 19.6. The maximum Gasteiger partial charge on any atom is 0.338 e. The molecule has 5 heteroatoms. The van der Waals surface area contributed by atoms with Crippen molar-refractivity contribution in [1.82, 2.24) is 0 Å². The van der Waals surface area contributed by atoms with E-state index in [1.165, 1.54) is 11.8 Å². The van der Waals surface area contributed by atoms with E-state index in [-0.39, 0.29) is 5.97 Å². The fourth-order valence-corrected chi connectivity index (χ4v) is 3.48. The van der Waals surface area contributed by atoms with Crippen molar-refractivity contribution in [2.24, 2.45) is 4.99 Å². The van der Waals surface area contributed by atoms with Crippen LogP contribution < -0.4 is 0 Å². The van der Waals surface area contributed by atoms with Crippen LogP contribution >= 0.6 is 11.8 Å². The van der Waals surface area contributed by atoms with Gasteiger partial charge in [-0.05, 0) is 24.3 Å². The normalized spacial score (nSPS) is 22.2. The first-order chi connectivity index (χ1) is 12.2. The molecule has 2 atom stereocenters. The molecule has 1 aliphatic heterocycles. The molecule has 0 aromatic heterocycles. The Morgan fingerprint density at radius 2 is 1.80 bits per heavy atom. The van der Waals surface area contributed by atoms with Gasteiger partial charge in [0.1, 0.15) is 0 Å². The predicted octanol–water partition coefficient (Wildman–Crippen LogP) is 4.02. The third-order valence-corrected chi connectivity index (χ3v) is 4.70. The summed E-state index contributed by atoms with van der Waals surface area (Å²) < 4.78 is 11.5. The van der Waals surface area contributed by atoms with Gasteiger partial charge in [0.2, 0.25) is 10.8 Å². The van der Waals surface area contributed by atoms with Crippen LogP contribution in [0.5, 0.6) is 0 Å². The van der Waals surface area contributed by atoms with Crippen molar-refractivity contribution in [3.63, 3.8) is 0 Å². The number of benzene rings is 2. The molecule has 3 rings (SSSR count). The van der Waals surface area contributed by atoms with E-state index in [2.05, 4.69) is 0 Å². The van der Waals surface area contributed by atoms with E-state index in [4.69, 9.17) is 14.5 Å². The van der Waals surface area contributed by atoms with E-state index >= 15 is 0 Å². The lowest BCUT2D eigenvalue weighted by atomic mass is 9.83. The highest BCUT2D eigenvalue weighted by atomic mass is 32.2. The lowest BCUT2D eigenvalue weighted by Crippen LogP contribution is -2.44. The summed E-state index contributed by atoms with van der Waals surface area (Å²) in [7, 11) is 0. The van der Waals surface area contributed by atoms with E-state index in [1.54, 1.807) is 6.92 Å². The first kappa shape index (κ1) is 17.5. The smallest absolute Gasteiger partial charge is 0.338 e. The van der Waals surface area contributed by atoms with E-state index < -0.39 is 11.6 Å². The maximum atomic E-state index is 13.0. The summed E-state index contributed by atoms with van der Waals surface area (Å²) in [5.74, 6) is -0.350. The number of nitrogens with zero attached hydrogens (tertiary/aromatic N) is 1. The van der Waals surface area contributed by atoms with Gasteiger partial charge in [0.15, 0.2) is 6.10 Å². The van der Waals surface area contributed by atoms with Crippen molar-refractivity contribution in [2.75, 3.05) is 12.9 Å². The Balaban J connectivity index is 2.08. The Morgan fingerprint density at radius 3 is 2.40 bits per heavy atom. The lowest BCUT2D eigenvalue weighted by Gasteiger charge is -2.29. The molecule has 1 heterocycles. The van der Waals surface area contributed by atoms with E-state index in [1.807, 2.05) is 66.9 Å². The molecule has 0 fully saturated rings. The van der Waals surface area contributed by atoms with Crippen LogP contribution in [0.3, 0.4) is 0 Å².